The quantitative estimate of drug-likeness (QED) is 0.858. The Morgan fingerprint density at radius 1 is 1.29 bits per heavy atom. The van der Waals surface area contributed by atoms with E-state index in [1.165, 1.54) is 10.4 Å². The maximum absolute atomic E-state index is 12.7. The molecular weight excluding hydrogens is 354 g/mol. The van der Waals surface area contributed by atoms with Crippen LogP contribution in [0, 0.1) is 23.2 Å². The number of nitriles is 1. The number of rotatable bonds is 2. The number of nitrogens with two attached hydrogens (primary N) is 1. The van der Waals surface area contributed by atoms with Crippen molar-refractivity contribution in [2.75, 3.05) is 13.1 Å². The highest BCUT2D eigenvalue weighted by molar-refractivity contribution is 9.10. The number of nitrogens with zero attached hydrogens (tertiary/aromatic N) is 2. The van der Waals surface area contributed by atoms with Gasteiger partial charge >= 0.3 is 0 Å². The van der Waals surface area contributed by atoms with Crippen LogP contribution < -0.4 is 5.73 Å². The van der Waals surface area contributed by atoms with Crippen molar-refractivity contribution in [2.24, 2.45) is 17.6 Å². The Hall–Kier alpha value is -0.940. The first-order valence-electron chi connectivity index (χ1n) is 6.88. The number of benzene rings is 1. The Balaban J connectivity index is 1.92. The second-order valence-corrected chi connectivity index (χ2v) is 8.63. The summed E-state index contributed by atoms with van der Waals surface area (Å²) in [5, 5.41) is 8.99. The lowest BCUT2D eigenvalue weighted by atomic mass is 9.98. The zero-order valence-corrected chi connectivity index (χ0v) is 13.8. The normalized spacial score (nSPS) is 29.3. The number of fused-ring (bicyclic) bond motifs is 1. The molecule has 3 atom stereocenters. The molecule has 1 aliphatic heterocycles. The molecule has 0 amide bonds. The zero-order chi connectivity index (χ0) is 15.2. The van der Waals surface area contributed by atoms with Crippen LogP contribution in [0.25, 0.3) is 0 Å². The molecule has 2 N–H and O–H groups in total. The van der Waals surface area contributed by atoms with E-state index in [4.69, 9.17) is 11.0 Å². The van der Waals surface area contributed by atoms with E-state index >= 15 is 0 Å². The number of halogens is 1. The van der Waals surface area contributed by atoms with E-state index in [2.05, 4.69) is 15.9 Å². The molecule has 1 aromatic carbocycles. The molecule has 112 valence electrons. The minimum atomic E-state index is -3.56. The van der Waals surface area contributed by atoms with Gasteiger partial charge < -0.3 is 5.73 Å². The maximum atomic E-state index is 12.7. The van der Waals surface area contributed by atoms with E-state index in [9.17, 15) is 8.42 Å². The van der Waals surface area contributed by atoms with Crippen LogP contribution in [0.5, 0.6) is 0 Å². The van der Waals surface area contributed by atoms with Crippen molar-refractivity contribution in [3.63, 3.8) is 0 Å². The average Bonchev–Trinajstić information content (AvgIpc) is 3.01. The molecule has 0 aromatic heterocycles. The third kappa shape index (κ3) is 2.61. The van der Waals surface area contributed by atoms with Crippen molar-refractivity contribution >= 4 is 26.0 Å². The smallest absolute Gasteiger partial charge is 0.243 e. The summed E-state index contributed by atoms with van der Waals surface area (Å²) in [6.07, 6.45) is 1.98. The van der Waals surface area contributed by atoms with Crippen molar-refractivity contribution < 1.29 is 8.42 Å². The van der Waals surface area contributed by atoms with Gasteiger partial charge in [-0.1, -0.05) is 15.9 Å². The van der Waals surface area contributed by atoms with Gasteiger partial charge in [0.2, 0.25) is 10.0 Å². The molecule has 21 heavy (non-hydrogen) atoms. The highest BCUT2D eigenvalue weighted by Gasteiger charge is 2.45. The molecule has 1 aliphatic carbocycles. The molecule has 0 spiro atoms. The fourth-order valence-corrected chi connectivity index (χ4v) is 5.64. The van der Waals surface area contributed by atoms with E-state index in [0.29, 0.717) is 29.0 Å². The maximum Gasteiger partial charge on any atom is 0.243 e. The van der Waals surface area contributed by atoms with E-state index in [0.717, 1.165) is 12.8 Å². The summed E-state index contributed by atoms with van der Waals surface area (Å²) in [6.45, 7) is 1.03. The van der Waals surface area contributed by atoms with Gasteiger partial charge in [-0.15, -0.1) is 0 Å². The second-order valence-electron chi connectivity index (χ2n) is 5.77. The molecule has 1 heterocycles. The SMILES string of the molecule is N#Cc1cc(Br)cc(S(=O)(=O)N2CC3CCC(N)C3C2)c1. The summed E-state index contributed by atoms with van der Waals surface area (Å²) in [4.78, 5) is 0.168. The second kappa shape index (κ2) is 5.36. The fraction of sp³-hybridized carbons (Fsp3) is 0.500. The van der Waals surface area contributed by atoms with Gasteiger partial charge in [0.1, 0.15) is 0 Å². The summed E-state index contributed by atoms with van der Waals surface area (Å²) < 4.78 is 27.6. The van der Waals surface area contributed by atoms with Crippen molar-refractivity contribution in [3.8, 4) is 6.07 Å². The predicted molar refractivity (Wildman–Crippen MR) is 81.8 cm³/mol. The Bertz CT molecular complexity index is 713. The third-order valence-corrected chi connectivity index (χ3v) is 6.78. The average molecular weight is 370 g/mol. The first kappa shape index (κ1) is 15.0. The predicted octanol–water partition coefficient (Wildman–Crippen LogP) is 1.68. The first-order valence-corrected chi connectivity index (χ1v) is 9.11. The van der Waals surface area contributed by atoms with E-state index in [1.807, 2.05) is 6.07 Å². The van der Waals surface area contributed by atoms with Crippen molar-refractivity contribution in [1.29, 1.82) is 5.26 Å². The monoisotopic (exact) mass is 369 g/mol. The zero-order valence-electron chi connectivity index (χ0n) is 11.4. The van der Waals surface area contributed by atoms with Gasteiger partial charge in [-0.3, -0.25) is 0 Å². The Kier molecular flexibility index (Phi) is 3.82. The first-order chi connectivity index (χ1) is 9.91. The number of sulfonamides is 1. The molecule has 3 unspecified atom stereocenters. The molecule has 2 aliphatic rings. The molecule has 2 fully saturated rings. The summed E-state index contributed by atoms with van der Waals surface area (Å²) in [7, 11) is -3.56. The Morgan fingerprint density at radius 2 is 2.05 bits per heavy atom. The molecule has 0 radical (unpaired) electrons. The summed E-state index contributed by atoms with van der Waals surface area (Å²) in [6, 6.07) is 6.66. The minimum absolute atomic E-state index is 0.104. The van der Waals surface area contributed by atoms with Gasteiger partial charge in [0.15, 0.2) is 0 Å². The highest BCUT2D eigenvalue weighted by Crippen LogP contribution is 2.39. The van der Waals surface area contributed by atoms with Crippen LogP contribution in [-0.4, -0.2) is 31.9 Å². The standard InChI is InChI=1S/C14H16BrN3O2S/c15-11-3-9(6-16)4-12(5-11)21(19,20)18-7-10-1-2-14(17)13(10)8-18/h3-5,10,13-14H,1-2,7-8,17H2. The Labute approximate surface area is 132 Å². The molecule has 0 bridgehead atoms. The highest BCUT2D eigenvalue weighted by atomic mass is 79.9. The molecule has 7 heteroatoms. The largest absolute Gasteiger partial charge is 0.327 e. The van der Waals surface area contributed by atoms with Crippen molar-refractivity contribution in [1.82, 2.24) is 4.31 Å². The van der Waals surface area contributed by atoms with Crippen LogP contribution in [0.4, 0.5) is 0 Å². The van der Waals surface area contributed by atoms with Gasteiger partial charge in [-0.05, 0) is 42.9 Å². The molecule has 5 nitrogen and oxygen atoms in total. The van der Waals surface area contributed by atoms with E-state index < -0.39 is 10.0 Å². The van der Waals surface area contributed by atoms with Crippen molar-refractivity contribution in [2.45, 2.75) is 23.8 Å². The van der Waals surface area contributed by atoms with E-state index in [1.54, 1.807) is 12.1 Å². The van der Waals surface area contributed by atoms with Gasteiger partial charge in [0.05, 0.1) is 16.5 Å². The van der Waals surface area contributed by atoms with Crippen LogP contribution in [0.15, 0.2) is 27.6 Å². The minimum Gasteiger partial charge on any atom is -0.327 e. The van der Waals surface area contributed by atoms with Crippen LogP contribution in [0.2, 0.25) is 0 Å². The summed E-state index contributed by atoms with van der Waals surface area (Å²) >= 11 is 3.26. The lowest BCUT2D eigenvalue weighted by Gasteiger charge is -2.19. The van der Waals surface area contributed by atoms with Crippen LogP contribution in [-0.2, 0) is 10.0 Å². The van der Waals surface area contributed by atoms with Crippen LogP contribution >= 0.6 is 15.9 Å². The van der Waals surface area contributed by atoms with Crippen molar-refractivity contribution in [3.05, 3.63) is 28.2 Å². The third-order valence-electron chi connectivity index (χ3n) is 4.52. The summed E-state index contributed by atoms with van der Waals surface area (Å²) in [5.74, 6) is 0.639. The Morgan fingerprint density at radius 3 is 2.71 bits per heavy atom. The molecule has 3 rings (SSSR count). The van der Waals surface area contributed by atoms with Gasteiger partial charge in [0, 0.05) is 23.6 Å². The number of hydrogen-bond donors (Lipinski definition) is 1. The topological polar surface area (TPSA) is 87.2 Å². The number of hydrogen-bond acceptors (Lipinski definition) is 4. The lowest BCUT2D eigenvalue weighted by Crippen LogP contribution is -2.33. The molecule has 1 saturated carbocycles. The van der Waals surface area contributed by atoms with Crippen LogP contribution in [0.1, 0.15) is 18.4 Å². The fourth-order valence-electron chi connectivity index (χ4n) is 3.39. The molecule has 1 saturated heterocycles. The molecule has 1 aromatic rings. The summed E-state index contributed by atoms with van der Waals surface area (Å²) in [5.41, 5.74) is 6.39. The van der Waals surface area contributed by atoms with Gasteiger partial charge in [-0.25, -0.2) is 8.42 Å². The van der Waals surface area contributed by atoms with Crippen LogP contribution in [0.3, 0.4) is 0 Å². The molecular formula is C14H16BrN3O2S. The van der Waals surface area contributed by atoms with Gasteiger partial charge in [-0.2, -0.15) is 9.57 Å². The van der Waals surface area contributed by atoms with Gasteiger partial charge in [0.25, 0.3) is 0 Å². The lowest BCUT2D eigenvalue weighted by molar-refractivity contribution is 0.427. The van der Waals surface area contributed by atoms with E-state index in [-0.39, 0.29) is 16.9 Å².